The van der Waals surface area contributed by atoms with Gasteiger partial charge in [0.2, 0.25) is 5.91 Å². The van der Waals surface area contributed by atoms with Gasteiger partial charge >= 0.3 is 5.97 Å². The van der Waals surface area contributed by atoms with Crippen LogP contribution in [0.2, 0.25) is 0 Å². The number of carbonyl (C=O) groups excluding carboxylic acids is 3. The molecule has 0 bridgehead atoms. The number of hydrogen-bond donors (Lipinski definition) is 2. The van der Waals surface area contributed by atoms with Gasteiger partial charge in [-0.05, 0) is 25.5 Å². The van der Waals surface area contributed by atoms with Gasteiger partial charge in [-0.15, -0.1) is 11.8 Å². The number of benzene rings is 1. The van der Waals surface area contributed by atoms with E-state index in [0.717, 1.165) is 29.8 Å². The molecule has 1 aromatic rings. The van der Waals surface area contributed by atoms with Crippen LogP contribution in [-0.4, -0.2) is 35.7 Å². The third-order valence-corrected chi connectivity index (χ3v) is 5.60. The molecular weight excluding hydrogens is 364 g/mol. The Hall–Kier alpha value is -2.02. The second-order valence-corrected chi connectivity index (χ2v) is 8.02. The van der Waals surface area contributed by atoms with E-state index in [-0.39, 0.29) is 30.9 Å². The highest BCUT2D eigenvalue weighted by molar-refractivity contribution is 8.01. The maximum absolute atomic E-state index is 12.1. The number of anilines is 1. The molecule has 2 amide bonds. The van der Waals surface area contributed by atoms with Gasteiger partial charge in [0.05, 0.1) is 17.4 Å². The van der Waals surface area contributed by atoms with Crippen LogP contribution in [0.1, 0.15) is 52.4 Å². The molecule has 0 aromatic heterocycles. The number of amides is 2. The average molecular weight is 393 g/mol. The van der Waals surface area contributed by atoms with Crippen LogP contribution in [0.25, 0.3) is 0 Å². The molecule has 0 spiro atoms. The van der Waals surface area contributed by atoms with Crippen molar-refractivity contribution in [2.24, 2.45) is 0 Å². The molecule has 1 aromatic carbocycles. The number of nitrogens with one attached hydrogen (secondary N) is 2. The lowest BCUT2D eigenvalue weighted by atomic mass is 10.1. The highest BCUT2D eigenvalue weighted by Gasteiger charge is 2.29. The maximum Gasteiger partial charge on any atom is 0.307 e. The zero-order valence-electron chi connectivity index (χ0n) is 16.0. The predicted octanol–water partition coefficient (Wildman–Crippen LogP) is 3.51. The van der Waals surface area contributed by atoms with Crippen molar-refractivity contribution in [1.29, 1.82) is 0 Å². The number of para-hydroxylation sites is 1. The summed E-state index contributed by atoms with van der Waals surface area (Å²) >= 11 is 1.34. The summed E-state index contributed by atoms with van der Waals surface area (Å²) in [5.74, 6) is -1.08. The Bertz CT molecular complexity index is 665. The first-order valence-corrected chi connectivity index (χ1v) is 10.4. The van der Waals surface area contributed by atoms with Crippen LogP contribution in [0.3, 0.4) is 0 Å². The number of rotatable bonds is 10. The van der Waals surface area contributed by atoms with Crippen molar-refractivity contribution in [1.82, 2.24) is 5.32 Å². The fraction of sp³-hybridized carbons (Fsp3) is 0.550. The Kier molecular flexibility index (Phi) is 8.64. The van der Waals surface area contributed by atoms with E-state index in [9.17, 15) is 14.4 Å². The number of ether oxygens (including phenoxy) is 1. The zero-order chi connectivity index (χ0) is 19.6. The molecule has 2 rings (SSSR count). The molecule has 7 heteroatoms. The van der Waals surface area contributed by atoms with Gasteiger partial charge in [-0.3, -0.25) is 14.4 Å². The fourth-order valence-corrected chi connectivity index (χ4v) is 3.94. The quantitative estimate of drug-likeness (QED) is 0.470. The summed E-state index contributed by atoms with van der Waals surface area (Å²) in [6.07, 6.45) is 5.47. The van der Waals surface area contributed by atoms with Crippen LogP contribution in [-0.2, 0) is 19.1 Å². The highest BCUT2D eigenvalue weighted by atomic mass is 32.2. The lowest BCUT2D eigenvalue weighted by molar-refractivity contribution is -0.149. The molecule has 6 nitrogen and oxygen atoms in total. The second kappa shape index (κ2) is 11.0. The second-order valence-electron chi connectivity index (χ2n) is 6.77. The van der Waals surface area contributed by atoms with Crippen LogP contribution in [0.5, 0.6) is 0 Å². The highest BCUT2D eigenvalue weighted by Crippen LogP contribution is 2.36. The van der Waals surface area contributed by atoms with Gasteiger partial charge < -0.3 is 15.4 Å². The van der Waals surface area contributed by atoms with Crippen molar-refractivity contribution in [3.63, 3.8) is 0 Å². The minimum atomic E-state index is -0.548. The summed E-state index contributed by atoms with van der Waals surface area (Å²) < 4.78 is 5.04. The molecule has 0 saturated heterocycles. The summed E-state index contributed by atoms with van der Waals surface area (Å²) in [5, 5.41) is 5.08. The first kappa shape index (κ1) is 21.3. The molecule has 2 N–H and O–H groups in total. The molecule has 1 heterocycles. The number of esters is 1. The third kappa shape index (κ3) is 7.25. The minimum Gasteiger partial charge on any atom is -0.456 e. The minimum absolute atomic E-state index is 0.0595. The van der Waals surface area contributed by atoms with E-state index in [1.54, 1.807) is 0 Å². The SMILES string of the molecule is CCCCCC[C@H](C)NC(=O)COC(=O)C[C@H]1Sc2ccccc2NC1=O. The molecule has 1 aliphatic rings. The van der Waals surface area contributed by atoms with Crippen molar-refractivity contribution >= 4 is 35.2 Å². The van der Waals surface area contributed by atoms with Crippen LogP contribution >= 0.6 is 11.8 Å². The third-order valence-electron chi connectivity index (χ3n) is 4.32. The fourth-order valence-electron chi connectivity index (χ4n) is 2.85. The Morgan fingerprint density at radius 3 is 2.81 bits per heavy atom. The van der Waals surface area contributed by atoms with Gasteiger partial charge in [0.25, 0.3) is 5.91 Å². The molecule has 148 valence electrons. The molecule has 27 heavy (non-hydrogen) atoms. The zero-order valence-corrected chi connectivity index (χ0v) is 16.8. The Morgan fingerprint density at radius 1 is 1.26 bits per heavy atom. The molecular formula is C20H28N2O4S. The average Bonchev–Trinajstić information content (AvgIpc) is 2.64. The van der Waals surface area contributed by atoms with Crippen molar-refractivity contribution in [2.45, 2.75) is 68.6 Å². The molecule has 0 radical (unpaired) electrons. The molecule has 0 fully saturated rings. The summed E-state index contributed by atoms with van der Waals surface area (Å²) in [6.45, 7) is 3.80. The monoisotopic (exact) mass is 392 g/mol. The van der Waals surface area contributed by atoms with E-state index in [2.05, 4.69) is 17.6 Å². The molecule has 1 aliphatic heterocycles. The van der Waals surface area contributed by atoms with Crippen molar-refractivity contribution in [2.75, 3.05) is 11.9 Å². The normalized spacial score (nSPS) is 16.8. The van der Waals surface area contributed by atoms with E-state index < -0.39 is 11.2 Å². The lowest BCUT2D eigenvalue weighted by Crippen LogP contribution is -2.36. The van der Waals surface area contributed by atoms with Gasteiger partial charge in [0.15, 0.2) is 6.61 Å². The topological polar surface area (TPSA) is 84.5 Å². The van der Waals surface area contributed by atoms with Gasteiger partial charge in [-0.25, -0.2) is 0 Å². The summed E-state index contributed by atoms with van der Waals surface area (Å²) in [6, 6.07) is 7.50. The number of fused-ring (bicyclic) bond motifs is 1. The summed E-state index contributed by atoms with van der Waals surface area (Å²) in [7, 11) is 0. The maximum atomic E-state index is 12.1. The van der Waals surface area contributed by atoms with Crippen LogP contribution in [0, 0.1) is 0 Å². The van der Waals surface area contributed by atoms with E-state index in [0.29, 0.717) is 0 Å². The first-order chi connectivity index (χ1) is 13.0. The van der Waals surface area contributed by atoms with Crippen molar-refractivity contribution in [3.05, 3.63) is 24.3 Å². The van der Waals surface area contributed by atoms with E-state index >= 15 is 0 Å². The number of unbranched alkanes of at least 4 members (excludes halogenated alkanes) is 3. The van der Waals surface area contributed by atoms with E-state index in [4.69, 9.17) is 4.74 Å². The van der Waals surface area contributed by atoms with Crippen LogP contribution < -0.4 is 10.6 Å². The molecule has 0 aliphatic carbocycles. The number of thioether (sulfide) groups is 1. The summed E-state index contributed by atoms with van der Waals surface area (Å²) in [5.41, 5.74) is 0.754. The Labute approximate surface area is 164 Å². The Morgan fingerprint density at radius 2 is 2.04 bits per heavy atom. The Balaban J connectivity index is 1.68. The van der Waals surface area contributed by atoms with Gasteiger partial charge in [-0.1, -0.05) is 44.7 Å². The van der Waals surface area contributed by atoms with E-state index in [1.807, 2.05) is 31.2 Å². The van der Waals surface area contributed by atoms with Crippen molar-refractivity contribution < 1.29 is 19.1 Å². The lowest BCUT2D eigenvalue weighted by Gasteiger charge is -2.23. The van der Waals surface area contributed by atoms with E-state index in [1.165, 1.54) is 24.6 Å². The first-order valence-electron chi connectivity index (χ1n) is 9.51. The van der Waals surface area contributed by atoms with Crippen molar-refractivity contribution in [3.8, 4) is 0 Å². The summed E-state index contributed by atoms with van der Waals surface area (Å²) in [4.78, 5) is 36.9. The van der Waals surface area contributed by atoms with Crippen LogP contribution in [0.15, 0.2) is 29.2 Å². The molecule has 0 saturated carbocycles. The van der Waals surface area contributed by atoms with Gasteiger partial charge in [0.1, 0.15) is 0 Å². The number of carbonyl (C=O) groups is 3. The number of hydrogen-bond acceptors (Lipinski definition) is 5. The van der Waals surface area contributed by atoms with Crippen LogP contribution in [0.4, 0.5) is 5.69 Å². The standard InChI is InChI=1S/C20H28N2O4S/c1-3-4-5-6-9-14(2)21-18(23)13-26-19(24)12-17-20(25)22-15-10-7-8-11-16(15)27-17/h7-8,10-11,14,17H,3-6,9,12-13H2,1-2H3,(H,21,23)(H,22,25)/t14-,17+/m0/s1. The van der Waals surface area contributed by atoms with Gasteiger partial charge in [0, 0.05) is 10.9 Å². The molecule has 0 unspecified atom stereocenters. The smallest absolute Gasteiger partial charge is 0.307 e. The largest absolute Gasteiger partial charge is 0.456 e. The van der Waals surface area contributed by atoms with Gasteiger partial charge in [-0.2, -0.15) is 0 Å². The molecule has 2 atom stereocenters. The predicted molar refractivity (Wildman–Crippen MR) is 107 cm³/mol.